The highest BCUT2D eigenvalue weighted by atomic mass is 35.5. The van der Waals surface area contributed by atoms with Crippen molar-refractivity contribution < 1.29 is 27.5 Å². The Bertz CT molecular complexity index is 677. The number of anilines is 1. The fraction of sp³-hybridized carbons (Fsp3) is 0.529. The number of nitrogens with one attached hydrogen (secondary N) is 2. The van der Waals surface area contributed by atoms with Crippen molar-refractivity contribution in [2.24, 2.45) is 0 Å². The van der Waals surface area contributed by atoms with E-state index in [1.54, 1.807) is 4.90 Å². The van der Waals surface area contributed by atoms with E-state index in [0.29, 0.717) is 32.4 Å². The van der Waals surface area contributed by atoms with E-state index in [4.69, 9.17) is 11.6 Å². The van der Waals surface area contributed by atoms with Gasteiger partial charge in [-0.1, -0.05) is 18.5 Å². The van der Waals surface area contributed by atoms with Crippen molar-refractivity contribution in [2.75, 3.05) is 18.4 Å². The minimum Gasteiger partial charge on any atom is -0.404 e. The third kappa shape index (κ3) is 6.82. The highest BCUT2D eigenvalue weighted by molar-refractivity contribution is 6.32. The third-order valence-corrected chi connectivity index (χ3v) is 4.36. The Hall–Kier alpha value is -2.16. The molecule has 2 rings (SSSR count). The second-order valence-corrected chi connectivity index (χ2v) is 6.60. The molecule has 0 radical (unpaired) electrons. The number of benzene rings is 1. The van der Waals surface area contributed by atoms with E-state index < -0.39 is 18.1 Å². The summed E-state index contributed by atoms with van der Waals surface area (Å²) in [5, 5.41) is 5.04. The molecule has 1 aromatic carbocycles. The molecule has 0 unspecified atom stereocenters. The summed E-state index contributed by atoms with van der Waals surface area (Å²) in [7, 11) is 0. The zero-order valence-electron chi connectivity index (χ0n) is 14.7. The number of hydrogen-bond acceptors (Lipinski definition) is 3. The summed E-state index contributed by atoms with van der Waals surface area (Å²) in [5.41, 5.74) is 0.239. The summed E-state index contributed by atoms with van der Waals surface area (Å²) < 4.78 is 40.5. The van der Waals surface area contributed by atoms with E-state index in [1.807, 2.05) is 6.92 Å². The molecule has 1 aromatic rings. The maximum atomic E-state index is 12.2. The lowest BCUT2D eigenvalue weighted by Crippen LogP contribution is -2.47. The minimum absolute atomic E-state index is 0.0843. The van der Waals surface area contributed by atoms with Crippen molar-refractivity contribution in [1.29, 1.82) is 0 Å². The number of nitrogens with zero attached hydrogens (tertiary/aromatic N) is 1. The standard InChI is InChI=1S/C17H21ClF3N3O3/c1-2-3-15(25)24-8-6-11(7-9-24)22-16(26)23-12-4-5-14(13(18)10-12)27-17(19,20)21/h4-5,10-11H,2-3,6-9H2,1H3,(H2,22,23,26). The van der Waals surface area contributed by atoms with Crippen LogP contribution >= 0.6 is 11.6 Å². The number of alkyl halides is 3. The van der Waals surface area contributed by atoms with Crippen LogP contribution < -0.4 is 15.4 Å². The Balaban J connectivity index is 1.83. The molecule has 6 nitrogen and oxygen atoms in total. The molecule has 0 aliphatic carbocycles. The Labute approximate surface area is 160 Å². The highest BCUT2D eigenvalue weighted by Gasteiger charge is 2.32. The van der Waals surface area contributed by atoms with Gasteiger partial charge in [-0.25, -0.2) is 4.79 Å². The lowest BCUT2D eigenvalue weighted by Gasteiger charge is -2.32. The number of piperidine rings is 1. The number of hydrogen-bond donors (Lipinski definition) is 2. The van der Waals surface area contributed by atoms with E-state index in [2.05, 4.69) is 15.4 Å². The summed E-state index contributed by atoms with van der Waals surface area (Å²) in [5.74, 6) is -0.421. The number of likely N-dealkylation sites (tertiary alicyclic amines) is 1. The molecule has 1 heterocycles. The smallest absolute Gasteiger partial charge is 0.404 e. The first kappa shape index (κ1) is 21.1. The van der Waals surface area contributed by atoms with E-state index in [-0.39, 0.29) is 22.7 Å². The van der Waals surface area contributed by atoms with Crippen LogP contribution in [0.3, 0.4) is 0 Å². The highest BCUT2D eigenvalue weighted by Crippen LogP contribution is 2.32. The lowest BCUT2D eigenvalue weighted by molar-refractivity contribution is -0.274. The average Bonchev–Trinajstić information content (AvgIpc) is 2.57. The molecule has 0 bridgehead atoms. The van der Waals surface area contributed by atoms with Crippen molar-refractivity contribution in [3.05, 3.63) is 23.2 Å². The van der Waals surface area contributed by atoms with Crippen LogP contribution in [0.25, 0.3) is 0 Å². The van der Waals surface area contributed by atoms with Gasteiger partial charge < -0.3 is 20.3 Å². The van der Waals surface area contributed by atoms with Gasteiger partial charge in [-0.3, -0.25) is 4.79 Å². The normalized spacial score (nSPS) is 15.4. The van der Waals surface area contributed by atoms with Gasteiger partial charge in [0.05, 0.1) is 5.02 Å². The molecule has 150 valence electrons. The zero-order valence-corrected chi connectivity index (χ0v) is 15.5. The average molecular weight is 408 g/mol. The van der Waals surface area contributed by atoms with Gasteiger partial charge in [-0.05, 0) is 37.5 Å². The van der Waals surface area contributed by atoms with Gasteiger partial charge in [0.1, 0.15) is 5.75 Å². The monoisotopic (exact) mass is 407 g/mol. The van der Waals surface area contributed by atoms with Crippen LogP contribution in [0.5, 0.6) is 5.75 Å². The molecular weight excluding hydrogens is 387 g/mol. The molecule has 27 heavy (non-hydrogen) atoms. The predicted molar refractivity (Wildman–Crippen MR) is 94.8 cm³/mol. The molecule has 2 N–H and O–H groups in total. The van der Waals surface area contributed by atoms with Crippen LogP contribution in [0, 0.1) is 0 Å². The van der Waals surface area contributed by atoms with Crippen LogP contribution in [0.15, 0.2) is 18.2 Å². The van der Waals surface area contributed by atoms with Gasteiger partial charge >= 0.3 is 12.4 Å². The topological polar surface area (TPSA) is 70.7 Å². The maximum Gasteiger partial charge on any atom is 0.573 e. The Kier molecular flexibility index (Phi) is 7.18. The lowest BCUT2D eigenvalue weighted by atomic mass is 10.0. The van der Waals surface area contributed by atoms with E-state index in [1.165, 1.54) is 12.1 Å². The van der Waals surface area contributed by atoms with E-state index in [9.17, 15) is 22.8 Å². The molecule has 1 aliphatic heterocycles. The largest absolute Gasteiger partial charge is 0.573 e. The minimum atomic E-state index is -4.84. The summed E-state index contributed by atoms with van der Waals surface area (Å²) in [6.07, 6.45) is -2.24. The second-order valence-electron chi connectivity index (χ2n) is 6.20. The predicted octanol–water partition coefficient (Wildman–Crippen LogP) is 4.15. The quantitative estimate of drug-likeness (QED) is 0.770. The molecule has 1 fully saturated rings. The van der Waals surface area contributed by atoms with Gasteiger partial charge in [-0.2, -0.15) is 0 Å². The number of ether oxygens (including phenoxy) is 1. The SMILES string of the molecule is CCCC(=O)N1CCC(NC(=O)Nc2ccc(OC(F)(F)F)c(Cl)c2)CC1. The molecule has 3 amide bonds. The molecule has 1 saturated heterocycles. The first-order valence-corrected chi connectivity index (χ1v) is 8.96. The van der Waals surface area contributed by atoms with Crippen LogP contribution in [0.2, 0.25) is 5.02 Å². The summed E-state index contributed by atoms with van der Waals surface area (Å²) in [6.45, 7) is 3.11. The molecule has 10 heteroatoms. The summed E-state index contributed by atoms with van der Waals surface area (Å²) in [4.78, 5) is 25.7. The van der Waals surface area contributed by atoms with E-state index >= 15 is 0 Å². The molecule has 0 atom stereocenters. The second kappa shape index (κ2) is 9.16. The van der Waals surface area contributed by atoms with Crippen molar-refractivity contribution in [3.8, 4) is 5.75 Å². The van der Waals surface area contributed by atoms with Crippen molar-refractivity contribution in [3.63, 3.8) is 0 Å². The van der Waals surface area contributed by atoms with Crippen molar-refractivity contribution in [2.45, 2.75) is 45.0 Å². The van der Waals surface area contributed by atoms with Gasteiger partial charge in [0, 0.05) is 31.2 Å². The number of urea groups is 1. The van der Waals surface area contributed by atoms with E-state index in [0.717, 1.165) is 12.5 Å². The molecular formula is C17H21ClF3N3O3. The first-order chi connectivity index (χ1) is 12.7. The fourth-order valence-electron chi connectivity index (χ4n) is 2.78. The molecule has 0 saturated carbocycles. The number of amides is 3. The number of carbonyl (C=O) groups is 2. The van der Waals surface area contributed by atoms with Crippen LogP contribution in [0.1, 0.15) is 32.6 Å². The Morgan fingerprint density at radius 2 is 1.96 bits per heavy atom. The summed E-state index contributed by atoms with van der Waals surface area (Å²) in [6, 6.07) is 2.89. The van der Waals surface area contributed by atoms with Gasteiger partial charge in [0.15, 0.2) is 0 Å². The van der Waals surface area contributed by atoms with Gasteiger partial charge in [-0.15, -0.1) is 13.2 Å². The molecule has 0 spiro atoms. The Morgan fingerprint density at radius 1 is 1.30 bits per heavy atom. The number of halogens is 4. The van der Waals surface area contributed by atoms with Crippen LogP contribution in [0.4, 0.5) is 23.7 Å². The van der Waals surface area contributed by atoms with Crippen molar-refractivity contribution >= 4 is 29.2 Å². The zero-order chi connectivity index (χ0) is 20.0. The number of rotatable bonds is 5. The van der Waals surface area contributed by atoms with Gasteiger partial charge in [0.2, 0.25) is 5.91 Å². The Morgan fingerprint density at radius 3 is 2.52 bits per heavy atom. The number of carbonyl (C=O) groups excluding carboxylic acids is 2. The first-order valence-electron chi connectivity index (χ1n) is 8.58. The summed E-state index contributed by atoms with van der Waals surface area (Å²) >= 11 is 5.75. The van der Waals surface area contributed by atoms with Crippen molar-refractivity contribution in [1.82, 2.24) is 10.2 Å². The molecule has 0 aromatic heterocycles. The van der Waals surface area contributed by atoms with Gasteiger partial charge in [0.25, 0.3) is 0 Å². The van der Waals surface area contributed by atoms with Crippen LogP contribution in [-0.2, 0) is 4.79 Å². The van der Waals surface area contributed by atoms with Crippen LogP contribution in [-0.4, -0.2) is 42.3 Å². The third-order valence-electron chi connectivity index (χ3n) is 4.06. The fourth-order valence-corrected chi connectivity index (χ4v) is 3.00. The maximum absolute atomic E-state index is 12.2. The molecule has 1 aliphatic rings.